The third-order valence-electron chi connectivity index (χ3n) is 8.05. The van der Waals surface area contributed by atoms with Gasteiger partial charge < -0.3 is 19.7 Å². The Hall–Kier alpha value is -3.52. The van der Waals surface area contributed by atoms with Crippen LogP contribution in [0.5, 0.6) is 0 Å². The zero-order chi connectivity index (χ0) is 25.7. The van der Waals surface area contributed by atoms with Crippen molar-refractivity contribution in [2.24, 2.45) is 11.8 Å². The Morgan fingerprint density at radius 1 is 1.19 bits per heavy atom. The number of amides is 2. The number of pyridine rings is 1. The molecule has 1 aromatic carbocycles. The maximum Gasteiger partial charge on any atom is 0.314 e. The molecule has 1 aliphatic carbocycles. The fourth-order valence-electron chi connectivity index (χ4n) is 6.44. The van der Waals surface area contributed by atoms with E-state index >= 15 is 0 Å². The summed E-state index contributed by atoms with van der Waals surface area (Å²) < 4.78 is 12.2. The van der Waals surface area contributed by atoms with E-state index in [0.29, 0.717) is 12.1 Å². The second-order valence-electron chi connectivity index (χ2n) is 10.8. The number of ether oxygens (including phenoxy) is 2. The molecule has 1 spiro atoms. The number of aromatic nitrogens is 1. The van der Waals surface area contributed by atoms with Crippen LogP contribution >= 0.6 is 0 Å². The second kappa shape index (κ2) is 9.10. The van der Waals surface area contributed by atoms with Gasteiger partial charge in [-0.15, -0.1) is 0 Å². The minimum Gasteiger partial charge on any atom is -0.447 e. The molecular weight excluding hydrogens is 470 g/mol. The first-order valence-corrected chi connectivity index (χ1v) is 13.0. The van der Waals surface area contributed by atoms with Crippen LogP contribution in [0.1, 0.15) is 48.5 Å². The zero-order valence-electron chi connectivity index (χ0n) is 21.1. The van der Waals surface area contributed by atoms with Crippen molar-refractivity contribution in [3.8, 4) is 0 Å². The molecule has 3 fully saturated rings. The van der Waals surface area contributed by atoms with Gasteiger partial charge in [-0.05, 0) is 56.0 Å². The van der Waals surface area contributed by atoms with Gasteiger partial charge in [-0.1, -0.05) is 37.1 Å². The largest absolute Gasteiger partial charge is 0.447 e. The standard InChI is InChI=1S/C29H31N3O5/c1-17-12-18(2)14-21(13-17)32-16-29-10-9-22(37-29)23(24(29)27(32)34)28(35)36-25(19-6-5-11-30-15-19)26(33)31-20-7-3-4-8-20/h5-6,9-15,20,22-25H,3-4,7-8,16H2,1-2H3,(H,31,33)/t22-,23+,24+,25+,29-/m1/s1. The molecule has 2 bridgehead atoms. The van der Waals surface area contributed by atoms with Crippen LogP contribution in [0.2, 0.25) is 0 Å². The summed E-state index contributed by atoms with van der Waals surface area (Å²) in [6.45, 7) is 4.32. The fraction of sp³-hybridized carbons (Fsp3) is 0.448. The topological polar surface area (TPSA) is 97.8 Å². The molecule has 192 valence electrons. The number of fused-ring (bicyclic) bond motifs is 1. The minimum absolute atomic E-state index is 0.0742. The Bertz CT molecular complexity index is 1250. The second-order valence-corrected chi connectivity index (χ2v) is 10.8. The van der Waals surface area contributed by atoms with Gasteiger partial charge in [0.05, 0.1) is 18.6 Å². The first-order valence-electron chi connectivity index (χ1n) is 13.0. The molecule has 0 unspecified atom stereocenters. The summed E-state index contributed by atoms with van der Waals surface area (Å²) in [6.07, 6.45) is 9.16. The lowest BCUT2D eigenvalue weighted by atomic mass is 9.77. The lowest BCUT2D eigenvalue weighted by Crippen LogP contribution is -2.43. The molecule has 2 amide bonds. The summed E-state index contributed by atoms with van der Waals surface area (Å²) in [5.41, 5.74) is 2.53. The Morgan fingerprint density at radius 3 is 2.65 bits per heavy atom. The lowest BCUT2D eigenvalue weighted by molar-refractivity contribution is -0.163. The van der Waals surface area contributed by atoms with E-state index in [1.54, 1.807) is 23.2 Å². The number of anilines is 1. The number of esters is 1. The molecule has 5 atom stereocenters. The maximum absolute atomic E-state index is 13.7. The summed E-state index contributed by atoms with van der Waals surface area (Å²) in [4.78, 5) is 46.5. The normalized spacial score (nSPS) is 29.0. The molecule has 37 heavy (non-hydrogen) atoms. The van der Waals surface area contributed by atoms with Crippen molar-refractivity contribution in [2.75, 3.05) is 11.4 Å². The van der Waals surface area contributed by atoms with Crippen LogP contribution in [0.4, 0.5) is 5.69 Å². The molecule has 0 radical (unpaired) electrons. The Labute approximate surface area is 216 Å². The van der Waals surface area contributed by atoms with Crippen LogP contribution in [-0.2, 0) is 23.9 Å². The predicted octanol–water partition coefficient (Wildman–Crippen LogP) is 3.33. The van der Waals surface area contributed by atoms with Crippen LogP contribution in [0.3, 0.4) is 0 Å². The van der Waals surface area contributed by atoms with Gasteiger partial charge in [0, 0.05) is 29.7 Å². The van der Waals surface area contributed by atoms with Crippen molar-refractivity contribution in [1.29, 1.82) is 0 Å². The summed E-state index contributed by atoms with van der Waals surface area (Å²) in [7, 11) is 0. The average Bonchev–Trinajstić information content (AvgIpc) is 3.65. The van der Waals surface area contributed by atoms with Gasteiger partial charge in [0.15, 0.2) is 0 Å². The van der Waals surface area contributed by atoms with Gasteiger partial charge in [0.1, 0.15) is 11.5 Å². The predicted molar refractivity (Wildman–Crippen MR) is 135 cm³/mol. The Morgan fingerprint density at radius 2 is 1.95 bits per heavy atom. The van der Waals surface area contributed by atoms with E-state index in [9.17, 15) is 14.4 Å². The molecule has 1 saturated carbocycles. The summed E-state index contributed by atoms with van der Waals surface area (Å²) in [5.74, 6) is -2.66. The number of nitrogens with zero attached hydrogens (tertiary/aromatic N) is 2. The maximum atomic E-state index is 13.7. The number of hydrogen-bond donors (Lipinski definition) is 1. The smallest absolute Gasteiger partial charge is 0.314 e. The monoisotopic (exact) mass is 501 g/mol. The quantitative estimate of drug-likeness (QED) is 0.482. The molecule has 3 aliphatic heterocycles. The van der Waals surface area contributed by atoms with Crippen molar-refractivity contribution < 1.29 is 23.9 Å². The average molecular weight is 502 g/mol. The molecule has 2 aromatic rings. The molecule has 6 rings (SSSR count). The molecule has 1 N–H and O–H groups in total. The SMILES string of the molecule is Cc1cc(C)cc(N2C[C@@]34C=C[C@@H](O3)[C@H](C(=O)O[C@H](C(=O)NC3CCCC3)c3cccnc3)[C@H]4C2=O)c1. The van der Waals surface area contributed by atoms with Gasteiger partial charge in [-0.3, -0.25) is 19.4 Å². The van der Waals surface area contributed by atoms with Gasteiger partial charge in [-0.25, -0.2) is 0 Å². The molecule has 4 aliphatic rings. The van der Waals surface area contributed by atoms with Crippen LogP contribution in [0.15, 0.2) is 54.9 Å². The summed E-state index contributed by atoms with van der Waals surface area (Å²) in [6, 6.07) is 9.50. The van der Waals surface area contributed by atoms with Crippen molar-refractivity contribution in [3.05, 3.63) is 71.6 Å². The van der Waals surface area contributed by atoms with Crippen LogP contribution in [0, 0.1) is 25.7 Å². The third kappa shape index (κ3) is 4.13. The zero-order valence-corrected chi connectivity index (χ0v) is 21.1. The van der Waals surface area contributed by atoms with E-state index in [2.05, 4.69) is 16.4 Å². The molecule has 8 heteroatoms. The number of aryl methyl sites for hydroxylation is 2. The third-order valence-corrected chi connectivity index (χ3v) is 8.05. The molecular formula is C29H31N3O5. The van der Waals surface area contributed by atoms with Crippen molar-refractivity contribution in [1.82, 2.24) is 10.3 Å². The highest BCUT2D eigenvalue weighted by Crippen LogP contribution is 2.53. The number of hydrogen-bond acceptors (Lipinski definition) is 6. The van der Waals surface area contributed by atoms with Crippen LogP contribution in [0.25, 0.3) is 0 Å². The van der Waals surface area contributed by atoms with Gasteiger partial charge >= 0.3 is 5.97 Å². The summed E-state index contributed by atoms with van der Waals surface area (Å²) >= 11 is 0. The molecule has 1 aromatic heterocycles. The van der Waals surface area contributed by atoms with Crippen molar-refractivity contribution in [3.63, 3.8) is 0 Å². The number of benzene rings is 1. The van der Waals surface area contributed by atoms with E-state index < -0.39 is 35.6 Å². The van der Waals surface area contributed by atoms with E-state index in [0.717, 1.165) is 42.5 Å². The number of carbonyl (C=O) groups excluding carboxylic acids is 3. The van der Waals surface area contributed by atoms with Crippen molar-refractivity contribution >= 4 is 23.5 Å². The first-order chi connectivity index (χ1) is 17.8. The highest BCUT2D eigenvalue weighted by molar-refractivity contribution is 6.03. The first kappa shape index (κ1) is 23.9. The van der Waals surface area contributed by atoms with E-state index in [1.165, 1.54) is 6.20 Å². The lowest BCUT2D eigenvalue weighted by Gasteiger charge is -2.26. The van der Waals surface area contributed by atoms with E-state index in [-0.39, 0.29) is 17.9 Å². The molecule has 4 heterocycles. The van der Waals surface area contributed by atoms with Gasteiger partial charge in [0.2, 0.25) is 12.0 Å². The van der Waals surface area contributed by atoms with Crippen molar-refractivity contribution in [2.45, 2.75) is 63.4 Å². The minimum atomic E-state index is -1.15. The Kier molecular flexibility index (Phi) is 5.87. The summed E-state index contributed by atoms with van der Waals surface area (Å²) in [5, 5.41) is 3.04. The highest BCUT2D eigenvalue weighted by Gasteiger charge is 2.67. The number of nitrogens with one attached hydrogen (secondary N) is 1. The van der Waals surface area contributed by atoms with E-state index in [1.807, 2.05) is 38.1 Å². The number of carbonyl (C=O) groups is 3. The Balaban J connectivity index is 1.26. The molecule has 8 nitrogen and oxygen atoms in total. The van der Waals surface area contributed by atoms with Gasteiger partial charge in [-0.2, -0.15) is 0 Å². The van der Waals surface area contributed by atoms with Crippen LogP contribution < -0.4 is 10.2 Å². The van der Waals surface area contributed by atoms with E-state index in [4.69, 9.17) is 9.47 Å². The highest BCUT2D eigenvalue weighted by atomic mass is 16.6. The molecule has 2 saturated heterocycles. The van der Waals surface area contributed by atoms with Gasteiger partial charge in [0.25, 0.3) is 5.91 Å². The number of rotatable bonds is 6. The van der Waals surface area contributed by atoms with Crippen LogP contribution in [-0.4, -0.2) is 47.1 Å². The fourth-order valence-corrected chi connectivity index (χ4v) is 6.44.